The number of nitrogens with one attached hydrogen (secondary N) is 1. The molecule has 4 nitrogen and oxygen atoms in total. The van der Waals surface area contributed by atoms with Crippen molar-refractivity contribution < 1.29 is 4.79 Å². The van der Waals surface area contributed by atoms with E-state index in [4.69, 9.17) is 5.73 Å². The fourth-order valence-corrected chi connectivity index (χ4v) is 2.28. The van der Waals surface area contributed by atoms with Crippen molar-refractivity contribution in [2.75, 3.05) is 6.54 Å². The monoisotopic (exact) mass is 335 g/mol. The summed E-state index contributed by atoms with van der Waals surface area (Å²) < 4.78 is 0.920. The number of fused-ring (bicyclic) bond motifs is 1. The van der Waals surface area contributed by atoms with Gasteiger partial charge in [0.05, 0.1) is 11.1 Å². The maximum atomic E-state index is 12.4. The Labute approximate surface area is 126 Å². The number of hydrogen-bond donors (Lipinski definition) is 2. The number of nitrogens with zero attached hydrogens (tertiary/aromatic N) is 1. The maximum absolute atomic E-state index is 12.4. The minimum Gasteiger partial charge on any atom is -0.350 e. The third-order valence-electron chi connectivity index (χ3n) is 2.85. The van der Waals surface area contributed by atoms with Crippen molar-refractivity contribution in [1.29, 1.82) is 0 Å². The molecule has 1 aromatic carbocycles. The lowest BCUT2D eigenvalue weighted by Crippen LogP contribution is -2.45. The average Bonchev–Trinajstić information content (AvgIpc) is 2.34. The van der Waals surface area contributed by atoms with Crippen LogP contribution >= 0.6 is 15.9 Å². The molecule has 0 spiro atoms. The first-order valence-corrected chi connectivity index (χ1v) is 7.19. The lowest BCUT2D eigenvalue weighted by Gasteiger charge is -2.19. The van der Waals surface area contributed by atoms with Crippen LogP contribution in [0.25, 0.3) is 10.9 Å². The van der Waals surface area contributed by atoms with Gasteiger partial charge in [0, 0.05) is 27.6 Å². The molecular formula is C15H18BrN3O. The second-order valence-electron chi connectivity index (χ2n) is 5.64. The summed E-state index contributed by atoms with van der Waals surface area (Å²) in [5.74, 6) is -0.128. The lowest BCUT2D eigenvalue weighted by molar-refractivity contribution is 0.0947. The first-order valence-electron chi connectivity index (χ1n) is 6.40. The Hall–Kier alpha value is -1.46. The van der Waals surface area contributed by atoms with Crippen molar-refractivity contribution in [3.05, 3.63) is 40.0 Å². The summed E-state index contributed by atoms with van der Waals surface area (Å²) in [6.07, 6.45) is 0. The average molecular weight is 336 g/mol. The van der Waals surface area contributed by atoms with E-state index in [2.05, 4.69) is 26.2 Å². The van der Waals surface area contributed by atoms with E-state index in [1.165, 1.54) is 0 Å². The number of amides is 1. The largest absolute Gasteiger partial charge is 0.350 e. The normalized spacial score (nSPS) is 11.7. The fourth-order valence-electron chi connectivity index (χ4n) is 1.92. The number of aryl methyl sites for hydroxylation is 1. The smallest absolute Gasteiger partial charge is 0.252 e. The number of benzene rings is 1. The van der Waals surface area contributed by atoms with Crippen LogP contribution in [0, 0.1) is 6.92 Å². The molecule has 0 bridgehead atoms. The highest BCUT2D eigenvalue weighted by atomic mass is 79.9. The van der Waals surface area contributed by atoms with Crippen molar-refractivity contribution in [2.24, 2.45) is 5.73 Å². The SMILES string of the molecule is Cc1cc(C(=O)NCC(C)(C)N)c2cc(Br)ccc2n1. The highest BCUT2D eigenvalue weighted by molar-refractivity contribution is 9.10. The van der Waals surface area contributed by atoms with Crippen molar-refractivity contribution in [3.8, 4) is 0 Å². The predicted molar refractivity (Wildman–Crippen MR) is 84.8 cm³/mol. The Balaban J connectivity index is 2.42. The Morgan fingerprint density at radius 1 is 1.40 bits per heavy atom. The molecule has 0 radical (unpaired) electrons. The topological polar surface area (TPSA) is 68.0 Å². The zero-order chi connectivity index (χ0) is 14.9. The summed E-state index contributed by atoms with van der Waals surface area (Å²) in [5.41, 5.74) is 7.71. The second kappa shape index (κ2) is 5.50. The molecule has 0 fully saturated rings. The third kappa shape index (κ3) is 3.55. The summed E-state index contributed by atoms with van der Waals surface area (Å²) in [6.45, 7) is 6.05. The van der Waals surface area contributed by atoms with Gasteiger partial charge in [0.25, 0.3) is 5.91 Å². The standard InChI is InChI=1S/C15H18BrN3O/c1-9-6-12(14(20)18-8-15(2,3)17)11-7-10(16)4-5-13(11)19-9/h4-7H,8,17H2,1-3H3,(H,18,20). The van der Waals surface area contributed by atoms with Gasteiger partial charge in [-0.1, -0.05) is 15.9 Å². The molecule has 5 heteroatoms. The summed E-state index contributed by atoms with van der Waals surface area (Å²) in [4.78, 5) is 16.8. The Morgan fingerprint density at radius 3 is 2.75 bits per heavy atom. The molecule has 1 heterocycles. The summed E-state index contributed by atoms with van der Waals surface area (Å²) in [5, 5.41) is 3.70. The van der Waals surface area contributed by atoms with Crippen molar-refractivity contribution >= 4 is 32.7 Å². The zero-order valence-electron chi connectivity index (χ0n) is 11.8. The molecule has 1 aromatic heterocycles. The molecule has 2 aromatic rings. The molecule has 0 unspecified atom stereocenters. The van der Waals surface area contributed by atoms with Gasteiger partial charge >= 0.3 is 0 Å². The molecule has 2 rings (SSSR count). The molecule has 0 aliphatic heterocycles. The van der Waals surface area contributed by atoms with Crippen molar-refractivity contribution in [3.63, 3.8) is 0 Å². The Morgan fingerprint density at radius 2 is 2.10 bits per heavy atom. The maximum Gasteiger partial charge on any atom is 0.252 e. The number of carbonyl (C=O) groups excluding carboxylic acids is 1. The van der Waals surface area contributed by atoms with E-state index in [1.807, 2.05) is 39.0 Å². The number of halogens is 1. The van der Waals surface area contributed by atoms with Crippen LogP contribution < -0.4 is 11.1 Å². The molecule has 0 saturated heterocycles. The van der Waals surface area contributed by atoms with E-state index in [-0.39, 0.29) is 5.91 Å². The number of aromatic nitrogens is 1. The number of nitrogens with two attached hydrogens (primary N) is 1. The minimum atomic E-state index is -0.436. The van der Waals surface area contributed by atoms with Crippen molar-refractivity contribution in [2.45, 2.75) is 26.3 Å². The van der Waals surface area contributed by atoms with Crippen molar-refractivity contribution in [1.82, 2.24) is 10.3 Å². The number of rotatable bonds is 3. The van der Waals surface area contributed by atoms with E-state index in [0.29, 0.717) is 12.1 Å². The van der Waals surface area contributed by atoms with Gasteiger partial charge in [-0.3, -0.25) is 9.78 Å². The Bertz CT molecular complexity index is 662. The van der Waals surface area contributed by atoms with Crippen LogP contribution in [0.5, 0.6) is 0 Å². The second-order valence-corrected chi connectivity index (χ2v) is 6.56. The predicted octanol–water partition coefficient (Wildman–Crippen LogP) is 2.77. The van der Waals surface area contributed by atoms with E-state index in [1.54, 1.807) is 6.07 Å². The molecule has 0 atom stereocenters. The number of carbonyl (C=O) groups is 1. The summed E-state index contributed by atoms with van der Waals surface area (Å²) in [6, 6.07) is 7.52. The Kier molecular flexibility index (Phi) is 4.11. The lowest BCUT2D eigenvalue weighted by atomic mass is 10.1. The number of hydrogen-bond acceptors (Lipinski definition) is 3. The van der Waals surface area contributed by atoms with Gasteiger partial charge < -0.3 is 11.1 Å². The summed E-state index contributed by atoms with van der Waals surface area (Å²) in [7, 11) is 0. The van der Waals surface area contributed by atoms with Crippen LogP contribution in [-0.2, 0) is 0 Å². The van der Waals surface area contributed by atoms with Gasteiger partial charge in [-0.2, -0.15) is 0 Å². The molecule has 106 valence electrons. The molecule has 1 amide bonds. The van der Waals surface area contributed by atoms with Gasteiger partial charge in [0.2, 0.25) is 0 Å². The van der Waals surface area contributed by atoms with Crippen LogP contribution in [0.1, 0.15) is 29.9 Å². The van der Waals surface area contributed by atoms with E-state index in [9.17, 15) is 4.79 Å². The van der Waals surface area contributed by atoms with Gasteiger partial charge in [0.15, 0.2) is 0 Å². The molecule has 0 aliphatic rings. The zero-order valence-corrected chi connectivity index (χ0v) is 13.4. The van der Waals surface area contributed by atoms with Crippen LogP contribution in [0.3, 0.4) is 0 Å². The number of pyridine rings is 1. The van der Waals surface area contributed by atoms with Crippen LogP contribution in [0.15, 0.2) is 28.7 Å². The molecule has 3 N–H and O–H groups in total. The highest BCUT2D eigenvalue weighted by Gasteiger charge is 2.16. The van der Waals surface area contributed by atoms with E-state index >= 15 is 0 Å². The first-order chi connectivity index (χ1) is 9.26. The highest BCUT2D eigenvalue weighted by Crippen LogP contribution is 2.22. The van der Waals surface area contributed by atoms with Gasteiger partial charge in [-0.15, -0.1) is 0 Å². The fraction of sp³-hybridized carbons (Fsp3) is 0.333. The van der Waals surface area contributed by atoms with Gasteiger partial charge in [-0.05, 0) is 45.0 Å². The first kappa shape index (κ1) is 14.9. The molecule has 0 aliphatic carbocycles. The summed E-state index contributed by atoms with van der Waals surface area (Å²) >= 11 is 3.43. The quantitative estimate of drug-likeness (QED) is 0.906. The minimum absolute atomic E-state index is 0.128. The van der Waals surface area contributed by atoms with Crippen LogP contribution in [0.4, 0.5) is 0 Å². The third-order valence-corrected chi connectivity index (χ3v) is 3.34. The van der Waals surface area contributed by atoms with Crippen LogP contribution in [0.2, 0.25) is 0 Å². The molecule has 0 saturated carbocycles. The molecule has 20 heavy (non-hydrogen) atoms. The van der Waals surface area contributed by atoms with E-state index in [0.717, 1.165) is 21.1 Å². The van der Waals surface area contributed by atoms with Crippen LogP contribution in [-0.4, -0.2) is 23.0 Å². The van der Waals surface area contributed by atoms with Gasteiger partial charge in [-0.25, -0.2) is 0 Å². The van der Waals surface area contributed by atoms with E-state index < -0.39 is 5.54 Å². The molecular weight excluding hydrogens is 318 g/mol. The van der Waals surface area contributed by atoms with Gasteiger partial charge in [0.1, 0.15) is 0 Å².